The SMILES string of the molecule is COc1ccccc1C(=O)OCC(=O)c1ccc(NC(=O)c2ccccc2)cc1. The highest BCUT2D eigenvalue weighted by molar-refractivity contribution is 6.05. The molecule has 29 heavy (non-hydrogen) atoms. The van der Waals surface area contributed by atoms with Crippen LogP contribution >= 0.6 is 0 Å². The number of carbonyl (C=O) groups excluding carboxylic acids is 3. The summed E-state index contributed by atoms with van der Waals surface area (Å²) < 4.78 is 10.2. The fourth-order valence-electron chi connectivity index (χ4n) is 2.64. The van der Waals surface area contributed by atoms with Gasteiger partial charge < -0.3 is 14.8 Å². The Kier molecular flexibility index (Phi) is 6.37. The molecule has 0 aliphatic rings. The second kappa shape index (κ2) is 9.32. The summed E-state index contributed by atoms with van der Waals surface area (Å²) in [5, 5.41) is 2.76. The van der Waals surface area contributed by atoms with E-state index in [4.69, 9.17) is 9.47 Å². The van der Waals surface area contributed by atoms with Crippen molar-refractivity contribution in [1.82, 2.24) is 0 Å². The number of nitrogens with one attached hydrogen (secondary N) is 1. The maximum Gasteiger partial charge on any atom is 0.342 e. The molecule has 0 aromatic heterocycles. The Balaban J connectivity index is 1.57. The van der Waals surface area contributed by atoms with Crippen LogP contribution in [-0.2, 0) is 4.74 Å². The number of Topliss-reactive ketones (excluding diaryl/α,β-unsaturated/α-hetero) is 1. The van der Waals surface area contributed by atoms with Gasteiger partial charge in [0.1, 0.15) is 11.3 Å². The van der Waals surface area contributed by atoms with Gasteiger partial charge in [0.2, 0.25) is 0 Å². The predicted octanol–water partition coefficient (Wildman–Crippen LogP) is 3.99. The summed E-state index contributed by atoms with van der Waals surface area (Å²) in [6.45, 7) is -0.396. The zero-order chi connectivity index (χ0) is 20.6. The zero-order valence-corrected chi connectivity index (χ0v) is 15.8. The Morgan fingerprint density at radius 3 is 2.14 bits per heavy atom. The van der Waals surface area contributed by atoms with Gasteiger partial charge in [0.05, 0.1) is 7.11 Å². The quantitative estimate of drug-likeness (QED) is 0.488. The van der Waals surface area contributed by atoms with Crippen LogP contribution in [0.2, 0.25) is 0 Å². The Labute approximate surface area is 168 Å². The van der Waals surface area contributed by atoms with Gasteiger partial charge in [0.25, 0.3) is 5.91 Å². The van der Waals surface area contributed by atoms with Crippen LogP contribution in [0.5, 0.6) is 5.75 Å². The highest BCUT2D eigenvalue weighted by Gasteiger charge is 2.15. The fraction of sp³-hybridized carbons (Fsp3) is 0.0870. The van der Waals surface area contributed by atoms with E-state index < -0.39 is 12.6 Å². The van der Waals surface area contributed by atoms with Crippen molar-refractivity contribution in [2.75, 3.05) is 19.0 Å². The van der Waals surface area contributed by atoms with Crippen LogP contribution < -0.4 is 10.1 Å². The Morgan fingerprint density at radius 2 is 1.45 bits per heavy atom. The summed E-state index contributed by atoms with van der Waals surface area (Å²) in [7, 11) is 1.45. The minimum absolute atomic E-state index is 0.240. The molecule has 1 amide bonds. The monoisotopic (exact) mass is 389 g/mol. The molecule has 6 heteroatoms. The van der Waals surface area contributed by atoms with Crippen molar-refractivity contribution in [1.29, 1.82) is 0 Å². The van der Waals surface area contributed by atoms with Gasteiger partial charge in [0, 0.05) is 16.8 Å². The van der Waals surface area contributed by atoms with Crippen molar-refractivity contribution in [3.8, 4) is 5.75 Å². The number of para-hydroxylation sites is 1. The average molecular weight is 389 g/mol. The van der Waals surface area contributed by atoms with Crippen molar-refractivity contribution >= 4 is 23.3 Å². The van der Waals surface area contributed by atoms with Crippen LogP contribution in [0.25, 0.3) is 0 Å². The number of ketones is 1. The molecule has 0 aliphatic heterocycles. The lowest BCUT2D eigenvalue weighted by molar-refractivity contribution is 0.0471. The Morgan fingerprint density at radius 1 is 0.793 bits per heavy atom. The third-order valence-corrected chi connectivity index (χ3v) is 4.16. The first-order chi connectivity index (χ1) is 14.1. The first kappa shape index (κ1) is 19.8. The molecule has 0 aliphatic carbocycles. The van der Waals surface area contributed by atoms with E-state index in [2.05, 4.69) is 5.32 Å². The van der Waals surface area contributed by atoms with E-state index >= 15 is 0 Å². The zero-order valence-electron chi connectivity index (χ0n) is 15.8. The number of methoxy groups -OCH3 is 1. The molecule has 0 radical (unpaired) electrons. The normalized spacial score (nSPS) is 10.1. The van der Waals surface area contributed by atoms with Gasteiger partial charge in [-0.15, -0.1) is 0 Å². The smallest absolute Gasteiger partial charge is 0.342 e. The summed E-state index contributed by atoms with van der Waals surface area (Å²) >= 11 is 0. The Bertz CT molecular complexity index is 1010. The van der Waals surface area contributed by atoms with E-state index in [-0.39, 0.29) is 17.3 Å². The third-order valence-electron chi connectivity index (χ3n) is 4.16. The number of carbonyl (C=O) groups is 3. The van der Waals surface area contributed by atoms with E-state index in [0.29, 0.717) is 22.6 Å². The number of esters is 1. The number of rotatable bonds is 7. The van der Waals surface area contributed by atoms with Gasteiger partial charge in [-0.05, 0) is 48.5 Å². The highest BCUT2D eigenvalue weighted by atomic mass is 16.5. The van der Waals surface area contributed by atoms with Crippen LogP contribution in [0, 0.1) is 0 Å². The molecule has 0 fully saturated rings. The molecule has 3 rings (SSSR count). The molecule has 0 saturated heterocycles. The molecular formula is C23H19NO5. The highest BCUT2D eigenvalue weighted by Crippen LogP contribution is 2.18. The molecule has 0 heterocycles. The van der Waals surface area contributed by atoms with Crippen LogP contribution in [0.3, 0.4) is 0 Å². The van der Waals surface area contributed by atoms with Crippen molar-refractivity contribution in [2.24, 2.45) is 0 Å². The van der Waals surface area contributed by atoms with E-state index in [9.17, 15) is 14.4 Å². The van der Waals surface area contributed by atoms with Crippen molar-refractivity contribution in [3.05, 3.63) is 95.6 Å². The van der Waals surface area contributed by atoms with E-state index in [0.717, 1.165) is 0 Å². The van der Waals surface area contributed by atoms with Gasteiger partial charge in [0.15, 0.2) is 12.4 Å². The van der Waals surface area contributed by atoms with Crippen LogP contribution in [0.15, 0.2) is 78.9 Å². The summed E-state index contributed by atoms with van der Waals surface area (Å²) in [4.78, 5) is 36.6. The summed E-state index contributed by atoms with van der Waals surface area (Å²) in [5.41, 5.74) is 1.72. The van der Waals surface area contributed by atoms with Gasteiger partial charge in [-0.1, -0.05) is 30.3 Å². The van der Waals surface area contributed by atoms with Crippen molar-refractivity contribution < 1.29 is 23.9 Å². The number of amides is 1. The third kappa shape index (κ3) is 5.07. The van der Waals surface area contributed by atoms with E-state index in [1.54, 1.807) is 72.8 Å². The summed E-state index contributed by atoms with van der Waals surface area (Å²) in [6.07, 6.45) is 0. The minimum atomic E-state index is -0.637. The largest absolute Gasteiger partial charge is 0.496 e. The Hall–Kier alpha value is -3.93. The molecule has 1 N–H and O–H groups in total. The topological polar surface area (TPSA) is 81.7 Å². The van der Waals surface area contributed by atoms with E-state index in [1.165, 1.54) is 7.11 Å². The molecule has 3 aromatic carbocycles. The van der Waals surface area contributed by atoms with Gasteiger partial charge >= 0.3 is 5.97 Å². The maximum absolute atomic E-state index is 12.3. The first-order valence-electron chi connectivity index (χ1n) is 8.88. The predicted molar refractivity (Wildman–Crippen MR) is 108 cm³/mol. The molecule has 0 spiro atoms. The fourth-order valence-corrected chi connectivity index (χ4v) is 2.64. The molecule has 3 aromatic rings. The lowest BCUT2D eigenvalue weighted by atomic mass is 10.1. The molecule has 0 saturated carbocycles. The number of hydrogen-bond acceptors (Lipinski definition) is 5. The molecule has 146 valence electrons. The van der Waals surface area contributed by atoms with Crippen molar-refractivity contribution in [2.45, 2.75) is 0 Å². The second-order valence-electron chi connectivity index (χ2n) is 6.10. The van der Waals surface area contributed by atoms with Gasteiger partial charge in [-0.2, -0.15) is 0 Å². The number of ether oxygens (including phenoxy) is 2. The molecular weight excluding hydrogens is 370 g/mol. The maximum atomic E-state index is 12.3. The van der Waals surface area contributed by atoms with Crippen LogP contribution in [0.4, 0.5) is 5.69 Å². The average Bonchev–Trinajstić information content (AvgIpc) is 2.78. The van der Waals surface area contributed by atoms with E-state index in [1.807, 2.05) is 6.07 Å². The lowest BCUT2D eigenvalue weighted by Crippen LogP contribution is -2.15. The molecule has 0 unspecified atom stereocenters. The number of benzene rings is 3. The van der Waals surface area contributed by atoms with Crippen LogP contribution in [-0.4, -0.2) is 31.4 Å². The molecule has 0 bridgehead atoms. The lowest BCUT2D eigenvalue weighted by Gasteiger charge is -2.09. The standard InChI is InChI=1S/C23H19NO5/c1-28-21-10-6-5-9-19(21)23(27)29-15-20(25)16-11-13-18(14-12-16)24-22(26)17-7-3-2-4-8-17/h2-14H,15H2,1H3,(H,24,26). The van der Waals surface area contributed by atoms with Crippen molar-refractivity contribution in [3.63, 3.8) is 0 Å². The number of anilines is 1. The number of hydrogen-bond donors (Lipinski definition) is 1. The van der Waals surface area contributed by atoms with Gasteiger partial charge in [-0.3, -0.25) is 9.59 Å². The van der Waals surface area contributed by atoms with Crippen LogP contribution in [0.1, 0.15) is 31.1 Å². The molecule has 0 atom stereocenters. The molecule has 6 nitrogen and oxygen atoms in total. The minimum Gasteiger partial charge on any atom is -0.496 e. The summed E-state index contributed by atoms with van der Waals surface area (Å²) in [5.74, 6) is -0.851. The van der Waals surface area contributed by atoms with Gasteiger partial charge in [-0.25, -0.2) is 4.79 Å². The first-order valence-corrected chi connectivity index (χ1v) is 8.88. The second-order valence-corrected chi connectivity index (χ2v) is 6.10. The summed E-state index contributed by atoms with van der Waals surface area (Å²) in [6, 6.07) is 21.8.